The van der Waals surface area contributed by atoms with Crippen molar-refractivity contribution in [2.24, 2.45) is 11.8 Å². The highest BCUT2D eigenvalue weighted by Crippen LogP contribution is 2.39. The van der Waals surface area contributed by atoms with Gasteiger partial charge in [-0.3, -0.25) is 0 Å². The van der Waals surface area contributed by atoms with Gasteiger partial charge in [-0.25, -0.2) is 0 Å². The fourth-order valence-corrected chi connectivity index (χ4v) is 7.74. The van der Waals surface area contributed by atoms with Crippen LogP contribution in [-0.4, -0.2) is 20.7 Å². The van der Waals surface area contributed by atoms with Gasteiger partial charge in [-0.1, -0.05) is 67.5 Å². The topological polar surface area (TPSA) is 12.0 Å². The third kappa shape index (κ3) is 3.01. The van der Waals surface area contributed by atoms with E-state index >= 15 is 0 Å². The monoisotopic (exact) mass is 287 g/mol. The van der Waals surface area contributed by atoms with E-state index < -0.39 is 8.07 Å². The van der Waals surface area contributed by atoms with Gasteiger partial charge in [-0.15, -0.1) is 0 Å². The quantitative estimate of drug-likeness (QED) is 0.835. The molecule has 1 heterocycles. The van der Waals surface area contributed by atoms with Crippen LogP contribution in [0.4, 0.5) is 0 Å². The van der Waals surface area contributed by atoms with Crippen LogP contribution in [-0.2, 0) is 0 Å². The Balaban J connectivity index is 1.72. The number of rotatable bonds is 3. The van der Waals surface area contributed by atoms with Gasteiger partial charge in [0.05, 0.1) is 8.07 Å². The third-order valence-electron chi connectivity index (χ3n) is 5.66. The summed E-state index contributed by atoms with van der Waals surface area (Å²) in [6.07, 6.45) is 7.21. The summed E-state index contributed by atoms with van der Waals surface area (Å²) < 4.78 is 0. The molecule has 1 aromatic carbocycles. The Morgan fingerprint density at radius 3 is 2.65 bits per heavy atom. The average Bonchev–Trinajstić information content (AvgIpc) is 2.48. The molecule has 1 saturated carbocycles. The molecule has 1 aliphatic heterocycles. The number of nitrogens with one attached hydrogen (secondary N) is 1. The maximum atomic E-state index is 3.79. The smallest absolute Gasteiger partial charge is 0.0809 e. The fraction of sp³-hybridized carbons (Fsp3) is 0.667. The van der Waals surface area contributed by atoms with E-state index in [1.165, 1.54) is 44.7 Å². The third-order valence-corrected chi connectivity index (χ3v) is 9.10. The van der Waals surface area contributed by atoms with Crippen molar-refractivity contribution in [1.82, 2.24) is 5.32 Å². The second-order valence-corrected chi connectivity index (χ2v) is 12.3. The molecule has 2 fully saturated rings. The standard InChI is InChI=1S/C18H29NSi/c1-20(2,16-9-4-3-5-10-16)14-15-8-6-12-18-17(15)11-7-13-19-18/h3-5,9-10,15,17-19H,6-8,11-14H2,1-2H3/t15-,17-,18-/m1/s1. The van der Waals surface area contributed by atoms with E-state index in [1.807, 2.05) is 0 Å². The van der Waals surface area contributed by atoms with Gasteiger partial charge in [0.25, 0.3) is 0 Å². The Morgan fingerprint density at radius 1 is 1.05 bits per heavy atom. The summed E-state index contributed by atoms with van der Waals surface area (Å²) in [5.74, 6) is 1.94. The number of piperidine rings is 1. The minimum Gasteiger partial charge on any atom is -0.314 e. The maximum Gasteiger partial charge on any atom is 0.0809 e. The van der Waals surface area contributed by atoms with Gasteiger partial charge in [0, 0.05) is 6.04 Å². The summed E-state index contributed by atoms with van der Waals surface area (Å²) in [6.45, 7) is 6.40. The van der Waals surface area contributed by atoms with Crippen molar-refractivity contribution >= 4 is 13.3 Å². The van der Waals surface area contributed by atoms with Gasteiger partial charge < -0.3 is 5.32 Å². The van der Waals surface area contributed by atoms with Gasteiger partial charge in [0.15, 0.2) is 0 Å². The largest absolute Gasteiger partial charge is 0.314 e. The van der Waals surface area contributed by atoms with Crippen LogP contribution in [0.15, 0.2) is 30.3 Å². The van der Waals surface area contributed by atoms with E-state index in [-0.39, 0.29) is 0 Å². The van der Waals surface area contributed by atoms with E-state index in [0.717, 1.165) is 17.9 Å². The van der Waals surface area contributed by atoms with E-state index in [9.17, 15) is 0 Å². The first-order chi connectivity index (χ1) is 9.67. The first-order valence-electron chi connectivity index (χ1n) is 8.46. The fourth-order valence-electron chi connectivity index (χ4n) is 4.59. The molecular weight excluding hydrogens is 258 g/mol. The van der Waals surface area contributed by atoms with E-state index in [2.05, 4.69) is 48.7 Å². The lowest BCUT2D eigenvalue weighted by molar-refractivity contribution is 0.149. The van der Waals surface area contributed by atoms with Crippen LogP contribution in [0, 0.1) is 11.8 Å². The number of fused-ring (bicyclic) bond motifs is 1. The van der Waals surface area contributed by atoms with Crippen LogP contribution in [0.1, 0.15) is 32.1 Å². The van der Waals surface area contributed by atoms with Crippen LogP contribution >= 0.6 is 0 Å². The van der Waals surface area contributed by atoms with Gasteiger partial charge in [0.2, 0.25) is 0 Å². The minimum atomic E-state index is -1.27. The van der Waals surface area contributed by atoms with Gasteiger partial charge in [-0.2, -0.15) is 0 Å². The average molecular weight is 288 g/mol. The number of hydrogen-bond donors (Lipinski definition) is 1. The Morgan fingerprint density at radius 2 is 1.85 bits per heavy atom. The van der Waals surface area contributed by atoms with Gasteiger partial charge >= 0.3 is 0 Å². The number of hydrogen-bond acceptors (Lipinski definition) is 1. The molecule has 1 nitrogen and oxygen atoms in total. The summed E-state index contributed by atoms with van der Waals surface area (Å²) in [6, 6.07) is 13.6. The first-order valence-corrected chi connectivity index (χ1v) is 11.7. The Bertz CT molecular complexity index is 426. The van der Waals surface area contributed by atoms with Crippen molar-refractivity contribution in [1.29, 1.82) is 0 Å². The molecule has 1 aliphatic carbocycles. The molecule has 2 heteroatoms. The van der Waals surface area contributed by atoms with Crippen molar-refractivity contribution in [3.05, 3.63) is 30.3 Å². The summed E-state index contributed by atoms with van der Waals surface area (Å²) in [4.78, 5) is 0. The van der Waals surface area contributed by atoms with Crippen molar-refractivity contribution in [2.45, 2.75) is 57.3 Å². The molecule has 0 aromatic heterocycles. The molecule has 1 aromatic rings. The maximum absolute atomic E-state index is 3.79. The minimum absolute atomic E-state index is 0.836. The second-order valence-electron chi connectivity index (χ2n) is 7.51. The molecule has 2 aliphatic rings. The molecular formula is C18H29NSi. The van der Waals surface area contributed by atoms with Crippen molar-refractivity contribution in [3.8, 4) is 0 Å². The molecule has 20 heavy (non-hydrogen) atoms. The van der Waals surface area contributed by atoms with E-state index in [0.29, 0.717) is 0 Å². The molecule has 1 N–H and O–H groups in total. The summed E-state index contributed by atoms with van der Waals surface area (Å²) in [5, 5.41) is 5.44. The van der Waals surface area contributed by atoms with Crippen LogP contribution in [0.25, 0.3) is 0 Å². The molecule has 0 amide bonds. The van der Waals surface area contributed by atoms with Crippen molar-refractivity contribution < 1.29 is 0 Å². The van der Waals surface area contributed by atoms with Crippen molar-refractivity contribution in [2.75, 3.05) is 6.54 Å². The zero-order chi connectivity index (χ0) is 14.0. The van der Waals surface area contributed by atoms with Crippen LogP contribution in [0.2, 0.25) is 19.1 Å². The van der Waals surface area contributed by atoms with Crippen LogP contribution in [0.3, 0.4) is 0 Å². The Hall–Kier alpha value is -0.603. The second kappa shape index (κ2) is 6.03. The highest BCUT2D eigenvalue weighted by Gasteiger charge is 2.38. The predicted octanol–water partition coefficient (Wildman–Crippen LogP) is 3.77. The van der Waals surface area contributed by atoms with E-state index in [1.54, 1.807) is 5.19 Å². The summed E-state index contributed by atoms with van der Waals surface area (Å²) >= 11 is 0. The zero-order valence-corrected chi connectivity index (χ0v) is 14.1. The molecule has 0 bridgehead atoms. The highest BCUT2D eigenvalue weighted by atomic mass is 28.3. The Labute approximate surface area is 125 Å². The lowest BCUT2D eigenvalue weighted by Gasteiger charge is -2.44. The first kappa shape index (κ1) is 14.3. The molecule has 0 spiro atoms. The molecule has 3 rings (SSSR count). The molecule has 0 unspecified atom stereocenters. The Kier molecular flexibility index (Phi) is 4.32. The predicted molar refractivity (Wildman–Crippen MR) is 90.2 cm³/mol. The van der Waals surface area contributed by atoms with E-state index in [4.69, 9.17) is 0 Å². The summed E-state index contributed by atoms with van der Waals surface area (Å²) in [7, 11) is -1.27. The molecule has 110 valence electrons. The normalized spacial score (nSPS) is 30.8. The van der Waals surface area contributed by atoms with Crippen molar-refractivity contribution in [3.63, 3.8) is 0 Å². The van der Waals surface area contributed by atoms with Gasteiger partial charge in [0.1, 0.15) is 0 Å². The van der Waals surface area contributed by atoms with Gasteiger partial charge in [-0.05, 0) is 37.6 Å². The highest BCUT2D eigenvalue weighted by molar-refractivity contribution is 6.89. The lowest BCUT2D eigenvalue weighted by Crippen LogP contribution is -2.50. The zero-order valence-electron chi connectivity index (χ0n) is 13.1. The summed E-state index contributed by atoms with van der Waals surface area (Å²) in [5.41, 5.74) is 0. The number of benzene rings is 1. The SMILES string of the molecule is C[Si](C)(C[C@H]1CCC[C@H]2NCCC[C@H]12)c1ccccc1. The van der Waals surface area contributed by atoms with Crippen LogP contribution in [0.5, 0.6) is 0 Å². The van der Waals surface area contributed by atoms with Crippen LogP contribution < -0.4 is 10.5 Å². The molecule has 3 atom stereocenters. The molecule has 1 saturated heterocycles. The molecule has 0 radical (unpaired) electrons. The lowest BCUT2D eigenvalue weighted by atomic mass is 9.73.